The van der Waals surface area contributed by atoms with E-state index in [1.54, 1.807) is 7.11 Å². The summed E-state index contributed by atoms with van der Waals surface area (Å²) in [6, 6.07) is 8.79. The minimum absolute atomic E-state index is 0.257. The summed E-state index contributed by atoms with van der Waals surface area (Å²) in [7, 11) is 1.79. The van der Waals surface area contributed by atoms with E-state index in [0.717, 1.165) is 6.54 Å². The van der Waals surface area contributed by atoms with Gasteiger partial charge in [-0.15, -0.1) is 0 Å². The summed E-state index contributed by atoms with van der Waals surface area (Å²) in [5, 5.41) is 3.43. The quantitative estimate of drug-likeness (QED) is 0.723. The third kappa shape index (κ3) is 1.04. The number of benzene rings is 1. The van der Waals surface area contributed by atoms with Crippen LogP contribution in [0.5, 0.6) is 0 Å². The molecular formula is C12H15NO. The first-order chi connectivity index (χ1) is 6.90. The molecule has 1 aliphatic heterocycles. The average Bonchev–Trinajstić information content (AvgIpc) is 2.75. The lowest BCUT2D eigenvalue weighted by Gasteiger charge is -2.15. The lowest BCUT2D eigenvalue weighted by Crippen LogP contribution is -2.29. The highest BCUT2D eigenvalue weighted by Crippen LogP contribution is 2.42. The first kappa shape index (κ1) is 8.45. The van der Waals surface area contributed by atoms with E-state index in [1.165, 1.54) is 17.5 Å². The van der Waals surface area contributed by atoms with Gasteiger partial charge in [0, 0.05) is 25.5 Å². The fraction of sp³-hybridized carbons (Fsp3) is 0.500. The normalized spacial score (nSPS) is 34.2. The molecule has 0 amide bonds. The minimum Gasteiger partial charge on any atom is -0.366 e. The number of ether oxygens (including phenoxy) is 1. The smallest absolute Gasteiger partial charge is 0.111 e. The maximum absolute atomic E-state index is 5.45. The second-order valence-electron chi connectivity index (χ2n) is 4.24. The number of hydrogen-bond donors (Lipinski definition) is 1. The Morgan fingerprint density at radius 1 is 1.36 bits per heavy atom. The summed E-state index contributed by atoms with van der Waals surface area (Å²) >= 11 is 0. The van der Waals surface area contributed by atoms with Crippen LogP contribution in [0, 0.1) is 5.92 Å². The molecule has 2 heteroatoms. The third-order valence-electron chi connectivity index (χ3n) is 3.61. The molecule has 1 heterocycles. The van der Waals surface area contributed by atoms with Crippen molar-refractivity contribution in [2.45, 2.75) is 18.6 Å². The molecule has 2 nitrogen and oxygen atoms in total. The number of rotatable bonds is 1. The maximum atomic E-state index is 5.45. The molecule has 0 spiro atoms. The lowest BCUT2D eigenvalue weighted by atomic mass is 9.95. The Balaban J connectivity index is 1.97. The Kier molecular flexibility index (Phi) is 1.85. The summed E-state index contributed by atoms with van der Waals surface area (Å²) in [6.45, 7) is 1.07. The Hall–Kier alpha value is -0.860. The summed E-state index contributed by atoms with van der Waals surface area (Å²) in [5.41, 5.74) is 3.05. The summed E-state index contributed by atoms with van der Waals surface area (Å²) in [6.07, 6.45) is 1.43. The van der Waals surface area contributed by atoms with Crippen LogP contribution in [0.3, 0.4) is 0 Å². The average molecular weight is 189 g/mol. The molecule has 3 rings (SSSR count). The molecule has 0 radical (unpaired) electrons. The lowest BCUT2D eigenvalue weighted by molar-refractivity contribution is 0.0544. The van der Waals surface area contributed by atoms with Gasteiger partial charge in [-0.2, -0.15) is 0 Å². The van der Waals surface area contributed by atoms with Crippen LogP contribution in [0.4, 0.5) is 0 Å². The molecule has 1 N–H and O–H groups in total. The van der Waals surface area contributed by atoms with Crippen molar-refractivity contribution in [2.75, 3.05) is 13.7 Å². The molecule has 1 aromatic carbocycles. The van der Waals surface area contributed by atoms with Gasteiger partial charge in [0.15, 0.2) is 0 Å². The predicted octanol–water partition coefficient (Wildman–Crippen LogP) is 1.52. The zero-order valence-electron chi connectivity index (χ0n) is 8.36. The van der Waals surface area contributed by atoms with Crippen molar-refractivity contribution in [3.63, 3.8) is 0 Å². The van der Waals surface area contributed by atoms with E-state index in [-0.39, 0.29) is 6.23 Å². The fourth-order valence-corrected chi connectivity index (χ4v) is 2.94. The van der Waals surface area contributed by atoms with Gasteiger partial charge in [0.05, 0.1) is 0 Å². The molecule has 3 unspecified atom stereocenters. The van der Waals surface area contributed by atoms with Crippen LogP contribution >= 0.6 is 0 Å². The van der Waals surface area contributed by atoms with Crippen LogP contribution in [-0.4, -0.2) is 19.9 Å². The van der Waals surface area contributed by atoms with Gasteiger partial charge in [-0.3, -0.25) is 5.32 Å². The highest BCUT2D eigenvalue weighted by atomic mass is 16.5. The van der Waals surface area contributed by atoms with Gasteiger partial charge in [-0.25, -0.2) is 0 Å². The van der Waals surface area contributed by atoms with Crippen molar-refractivity contribution < 1.29 is 4.74 Å². The first-order valence-corrected chi connectivity index (χ1v) is 5.24. The number of hydrogen-bond acceptors (Lipinski definition) is 2. The third-order valence-corrected chi connectivity index (χ3v) is 3.61. The Morgan fingerprint density at radius 3 is 3.07 bits per heavy atom. The Bertz CT molecular complexity index is 350. The van der Waals surface area contributed by atoms with Crippen molar-refractivity contribution in [3.8, 4) is 0 Å². The number of nitrogens with one attached hydrogen (secondary N) is 1. The maximum Gasteiger partial charge on any atom is 0.111 e. The predicted molar refractivity (Wildman–Crippen MR) is 55.2 cm³/mol. The molecule has 1 saturated heterocycles. The van der Waals surface area contributed by atoms with E-state index in [0.29, 0.717) is 11.8 Å². The van der Waals surface area contributed by atoms with E-state index < -0.39 is 0 Å². The van der Waals surface area contributed by atoms with E-state index >= 15 is 0 Å². The van der Waals surface area contributed by atoms with Crippen molar-refractivity contribution >= 4 is 0 Å². The second-order valence-corrected chi connectivity index (χ2v) is 4.24. The van der Waals surface area contributed by atoms with Crippen LogP contribution in [0.1, 0.15) is 17.0 Å². The molecule has 0 bridgehead atoms. The molecule has 0 aromatic heterocycles. The first-order valence-electron chi connectivity index (χ1n) is 5.24. The number of methoxy groups -OCH3 is 1. The summed E-state index contributed by atoms with van der Waals surface area (Å²) in [4.78, 5) is 0. The Morgan fingerprint density at radius 2 is 2.21 bits per heavy atom. The molecule has 1 aromatic rings. The van der Waals surface area contributed by atoms with Crippen molar-refractivity contribution in [3.05, 3.63) is 35.4 Å². The van der Waals surface area contributed by atoms with Gasteiger partial charge in [-0.05, 0) is 17.5 Å². The van der Waals surface area contributed by atoms with Crippen LogP contribution in [0.15, 0.2) is 24.3 Å². The molecular weight excluding hydrogens is 174 g/mol. The zero-order chi connectivity index (χ0) is 9.54. The van der Waals surface area contributed by atoms with Crippen molar-refractivity contribution in [2.24, 2.45) is 5.92 Å². The molecule has 74 valence electrons. The van der Waals surface area contributed by atoms with Gasteiger partial charge >= 0.3 is 0 Å². The molecule has 1 aliphatic carbocycles. The van der Waals surface area contributed by atoms with E-state index in [4.69, 9.17) is 4.74 Å². The van der Waals surface area contributed by atoms with Gasteiger partial charge < -0.3 is 4.74 Å². The summed E-state index contributed by atoms with van der Waals surface area (Å²) in [5.74, 6) is 1.33. The molecule has 2 aliphatic rings. The van der Waals surface area contributed by atoms with Gasteiger partial charge in [0.25, 0.3) is 0 Å². The monoisotopic (exact) mass is 189 g/mol. The topological polar surface area (TPSA) is 21.3 Å². The van der Waals surface area contributed by atoms with Crippen LogP contribution in [0.25, 0.3) is 0 Å². The van der Waals surface area contributed by atoms with E-state index in [2.05, 4.69) is 29.6 Å². The SMILES string of the molecule is COC1NCC2c3ccccc3CC12. The highest BCUT2D eigenvalue weighted by Gasteiger charge is 2.42. The van der Waals surface area contributed by atoms with Crippen molar-refractivity contribution in [1.82, 2.24) is 5.32 Å². The standard InChI is InChI=1S/C12H15NO/c1-14-12-10-6-8-4-2-3-5-9(8)11(10)7-13-12/h2-5,10-13H,6-7H2,1H3. The van der Waals surface area contributed by atoms with E-state index in [1.807, 2.05) is 0 Å². The van der Waals surface area contributed by atoms with E-state index in [9.17, 15) is 0 Å². The highest BCUT2D eigenvalue weighted by molar-refractivity contribution is 5.38. The van der Waals surface area contributed by atoms with Gasteiger partial charge in [0.1, 0.15) is 6.23 Å². The zero-order valence-corrected chi connectivity index (χ0v) is 8.36. The van der Waals surface area contributed by atoms with Gasteiger partial charge in [0.2, 0.25) is 0 Å². The van der Waals surface area contributed by atoms with Gasteiger partial charge in [-0.1, -0.05) is 24.3 Å². The van der Waals surface area contributed by atoms with Crippen molar-refractivity contribution in [1.29, 1.82) is 0 Å². The minimum atomic E-state index is 0.257. The second kappa shape index (κ2) is 3.07. The largest absolute Gasteiger partial charge is 0.366 e. The van der Waals surface area contributed by atoms with Crippen LogP contribution in [-0.2, 0) is 11.2 Å². The molecule has 3 atom stereocenters. The Labute approximate surface area is 84.3 Å². The molecule has 14 heavy (non-hydrogen) atoms. The van der Waals surface area contributed by atoms with Crippen LogP contribution < -0.4 is 5.32 Å². The fourth-order valence-electron chi connectivity index (χ4n) is 2.94. The molecule has 1 fully saturated rings. The number of fused-ring (bicyclic) bond motifs is 3. The summed E-state index contributed by atoms with van der Waals surface area (Å²) < 4.78 is 5.45. The molecule has 0 saturated carbocycles. The van der Waals surface area contributed by atoms with Crippen LogP contribution in [0.2, 0.25) is 0 Å².